The number of carboxylic acids is 1. The molecule has 1 fully saturated rings. The van der Waals surface area contributed by atoms with Crippen LogP contribution in [0.3, 0.4) is 0 Å². The molecule has 0 heterocycles. The van der Waals surface area contributed by atoms with Crippen molar-refractivity contribution < 1.29 is 24.5 Å². The summed E-state index contributed by atoms with van der Waals surface area (Å²) >= 11 is 0. The monoisotopic (exact) mass is 231 g/mol. The van der Waals surface area contributed by atoms with Crippen molar-refractivity contribution >= 4 is 12.1 Å². The van der Waals surface area contributed by atoms with E-state index in [9.17, 15) is 9.59 Å². The van der Waals surface area contributed by atoms with Gasteiger partial charge in [0.25, 0.3) is 0 Å². The van der Waals surface area contributed by atoms with E-state index in [1.165, 1.54) is 0 Å². The fourth-order valence-electron chi connectivity index (χ4n) is 1.50. The molecule has 0 aromatic carbocycles. The predicted octanol–water partition coefficient (Wildman–Crippen LogP) is 0.347. The van der Waals surface area contributed by atoms with Gasteiger partial charge in [-0.1, -0.05) is 0 Å². The molecule has 6 heteroatoms. The molecule has 0 aromatic heterocycles. The van der Waals surface area contributed by atoms with E-state index in [0.717, 1.165) is 0 Å². The number of hydrogen-bond acceptors (Lipinski definition) is 4. The third kappa shape index (κ3) is 2.63. The van der Waals surface area contributed by atoms with Crippen molar-refractivity contribution in [3.05, 3.63) is 0 Å². The number of hydrogen-bond donors (Lipinski definition) is 3. The highest BCUT2D eigenvalue weighted by Gasteiger charge is 2.61. The number of nitrogens with one attached hydrogen (secondary N) is 1. The molecule has 1 amide bonds. The van der Waals surface area contributed by atoms with Gasteiger partial charge >= 0.3 is 12.1 Å². The number of rotatable bonds is 3. The summed E-state index contributed by atoms with van der Waals surface area (Å²) in [5.41, 5.74) is -2.02. The molecular weight excluding hydrogens is 214 g/mol. The van der Waals surface area contributed by atoms with E-state index in [1.807, 2.05) is 0 Å². The standard InChI is InChI=1S/C10H17NO5/c1-9(2,3)16-8(15)11-10(7(13)14)4-6(10)5-12/h6,12H,4-5H2,1-3H3,(H,11,15)(H,13,14)/t6-,10-/m0/s1. The molecule has 0 spiro atoms. The Morgan fingerprint density at radius 3 is 2.38 bits per heavy atom. The molecule has 92 valence electrons. The van der Waals surface area contributed by atoms with Crippen molar-refractivity contribution in [3.8, 4) is 0 Å². The maximum atomic E-state index is 11.4. The third-order valence-corrected chi connectivity index (χ3v) is 2.43. The number of aliphatic carboxylic acids is 1. The van der Waals surface area contributed by atoms with Crippen LogP contribution in [0.2, 0.25) is 0 Å². The van der Waals surface area contributed by atoms with Gasteiger partial charge in [-0.05, 0) is 27.2 Å². The highest BCUT2D eigenvalue weighted by atomic mass is 16.6. The van der Waals surface area contributed by atoms with Crippen molar-refractivity contribution in [2.75, 3.05) is 6.61 Å². The van der Waals surface area contributed by atoms with Crippen LogP contribution >= 0.6 is 0 Å². The normalized spacial score (nSPS) is 28.4. The second-order valence-electron chi connectivity index (χ2n) is 4.99. The van der Waals surface area contributed by atoms with E-state index in [-0.39, 0.29) is 13.0 Å². The summed E-state index contributed by atoms with van der Waals surface area (Å²) < 4.78 is 4.96. The SMILES string of the molecule is CC(C)(C)OC(=O)N[C@@]1(C(=O)O)C[C@H]1CO. The third-order valence-electron chi connectivity index (χ3n) is 2.43. The van der Waals surface area contributed by atoms with Crippen LogP contribution in [0.25, 0.3) is 0 Å². The van der Waals surface area contributed by atoms with Gasteiger partial charge in [-0.15, -0.1) is 0 Å². The Morgan fingerprint density at radius 1 is 1.50 bits per heavy atom. The zero-order chi connectivity index (χ0) is 12.6. The Labute approximate surface area is 93.6 Å². The minimum absolute atomic E-state index is 0.234. The van der Waals surface area contributed by atoms with Gasteiger partial charge in [0.05, 0.1) is 0 Å². The Morgan fingerprint density at radius 2 is 2.06 bits per heavy atom. The highest BCUT2D eigenvalue weighted by molar-refractivity contribution is 5.88. The molecule has 16 heavy (non-hydrogen) atoms. The number of ether oxygens (including phenoxy) is 1. The lowest BCUT2D eigenvalue weighted by Crippen LogP contribution is -2.47. The minimum atomic E-state index is -1.35. The smallest absolute Gasteiger partial charge is 0.408 e. The van der Waals surface area contributed by atoms with Gasteiger partial charge in [0.15, 0.2) is 0 Å². The van der Waals surface area contributed by atoms with E-state index < -0.39 is 29.1 Å². The number of carbonyl (C=O) groups is 2. The molecule has 1 aliphatic carbocycles. The van der Waals surface area contributed by atoms with Crippen LogP contribution in [0.1, 0.15) is 27.2 Å². The van der Waals surface area contributed by atoms with E-state index >= 15 is 0 Å². The summed E-state index contributed by atoms with van der Waals surface area (Å²) in [5.74, 6) is -1.57. The van der Waals surface area contributed by atoms with Crippen molar-refractivity contribution in [2.45, 2.75) is 38.3 Å². The minimum Gasteiger partial charge on any atom is -0.479 e. The molecule has 6 nitrogen and oxygen atoms in total. The lowest BCUT2D eigenvalue weighted by atomic mass is 10.2. The van der Waals surface area contributed by atoms with Gasteiger partial charge in [-0.3, -0.25) is 0 Å². The zero-order valence-corrected chi connectivity index (χ0v) is 9.61. The summed E-state index contributed by atoms with van der Waals surface area (Å²) in [4.78, 5) is 22.4. The molecule has 1 saturated carbocycles. The van der Waals surface area contributed by atoms with Crippen molar-refractivity contribution in [1.29, 1.82) is 0 Å². The summed E-state index contributed by atoms with van der Waals surface area (Å²) in [6.07, 6.45) is -0.538. The number of aliphatic hydroxyl groups is 1. The highest BCUT2D eigenvalue weighted by Crippen LogP contribution is 2.43. The van der Waals surface area contributed by atoms with Crippen LogP contribution in [0.15, 0.2) is 0 Å². The molecule has 1 aliphatic rings. The summed E-state index contributed by atoms with van der Waals surface area (Å²) in [5, 5.41) is 20.2. The molecule has 1 rings (SSSR count). The number of carboxylic acid groups (broad SMARTS) is 1. The van der Waals surface area contributed by atoms with Gasteiger partial charge in [0, 0.05) is 12.5 Å². The second kappa shape index (κ2) is 3.93. The van der Waals surface area contributed by atoms with Crippen molar-refractivity contribution in [1.82, 2.24) is 5.32 Å². The lowest BCUT2D eigenvalue weighted by molar-refractivity contribution is -0.141. The molecule has 0 aromatic rings. The summed E-state index contributed by atoms with van der Waals surface area (Å²) in [6, 6.07) is 0. The lowest BCUT2D eigenvalue weighted by Gasteiger charge is -2.22. The maximum absolute atomic E-state index is 11.4. The van der Waals surface area contributed by atoms with Gasteiger partial charge in [0.1, 0.15) is 11.1 Å². The molecule has 3 N–H and O–H groups in total. The van der Waals surface area contributed by atoms with E-state index in [0.29, 0.717) is 0 Å². The van der Waals surface area contributed by atoms with Crippen LogP contribution in [0.5, 0.6) is 0 Å². The van der Waals surface area contributed by atoms with Crippen LogP contribution in [-0.2, 0) is 9.53 Å². The van der Waals surface area contributed by atoms with E-state index in [2.05, 4.69) is 5.32 Å². The molecule has 0 aliphatic heterocycles. The number of amides is 1. The van der Waals surface area contributed by atoms with Crippen LogP contribution in [0.4, 0.5) is 4.79 Å². The Balaban J connectivity index is 2.59. The Hall–Kier alpha value is -1.30. The zero-order valence-electron chi connectivity index (χ0n) is 9.61. The van der Waals surface area contributed by atoms with Crippen LogP contribution in [-0.4, -0.2) is 40.0 Å². The fraction of sp³-hybridized carbons (Fsp3) is 0.800. The first-order chi connectivity index (χ1) is 7.21. The quantitative estimate of drug-likeness (QED) is 0.651. The first-order valence-corrected chi connectivity index (χ1v) is 5.07. The average Bonchev–Trinajstić information content (AvgIpc) is 2.76. The summed E-state index contributed by atoms with van der Waals surface area (Å²) in [7, 11) is 0. The van der Waals surface area contributed by atoms with Gasteiger partial charge in [-0.25, -0.2) is 9.59 Å². The number of aliphatic hydroxyl groups excluding tert-OH is 1. The molecule has 0 bridgehead atoms. The first kappa shape index (κ1) is 12.8. The molecule has 2 atom stereocenters. The molecular formula is C10H17NO5. The summed E-state index contributed by atoms with van der Waals surface area (Å²) in [6.45, 7) is 4.81. The van der Waals surface area contributed by atoms with Crippen molar-refractivity contribution in [2.24, 2.45) is 5.92 Å². The second-order valence-corrected chi connectivity index (χ2v) is 4.99. The van der Waals surface area contributed by atoms with Crippen LogP contribution < -0.4 is 5.32 Å². The average molecular weight is 231 g/mol. The number of carbonyl (C=O) groups excluding carboxylic acids is 1. The van der Waals surface area contributed by atoms with Crippen LogP contribution in [0, 0.1) is 5.92 Å². The largest absolute Gasteiger partial charge is 0.479 e. The Bertz CT molecular complexity index is 309. The van der Waals surface area contributed by atoms with E-state index in [1.54, 1.807) is 20.8 Å². The topological polar surface area (TPSA) is 95.9 Å². The van der Waals surface area contributed by atoms with Gasteiger partial charge < -0.3 is 20.3 Å². The first-order valence-electron chi connectivity index (χ1n) is 5.07. The molecule has 0 unspecified atom stereocenters. The van der Waals surface area contributed by atoms with Gasteiger partial charge in [0.2, 0.25) is 0 Å². The maximum Gasteiger partial charge on any atom is 0.408 e. The molecule has 0 radical (unpaired) electrons. The van der Waals surface area contributed by atoms with Crippen molar-refractivity contribution in [3.63, 3.8) is 0 Å². The predicted molar refractivity (Wildman–Crippen MR) is 54.9 cm³/mol. The van der Waals surface area contributed by atoms with Gasteiger partial charge in [-0.2, -0.15) is 0 Å². The Kier molecular flexibility index (Phi) is 3.14. The molecule has 0 saturated heterocycles. The fourth-order valence-corrected chi connectivity index (χ4v) is 1.50. The number of alkyl carbamates (subject to hydrolysis) is 1. The van der Waals surface area contributed by atoms with E-state index in [4.69, 9.17) is 14.9 Å².